The number of nitrogens with zero attached hydrogens (tertiary/aromatic N) is 3. The van der Waals surface area contributed by atoms with Gasteiger partial charge in [-0.25, -0.2) is 9.78 Å². The van der Waals surface area contributed by atoms with Gasteiger partial charge in [-0.15, -0.1) is 0 Å². The van der Waals surface area contributed by atoms with Crippen LogP contribution in [0.5, 0.6) is 11.6 Å². The van der Waals surface area contributed by atoms with Crippen molar-refractivity contribution < 1.29 is 19.6 Å². The number of rotatable bonds is 4. The average molecular weight is 289 g/mol. The summed E-state index contributed by atoms with van der Waals surface area (Å²) in [5.74, 6) is -1.30. The second kappa shape index (κ2) is 5.53. The van der Waals surface area contributed by atoms with E-state index in [0.717, 1.165) is 18.2 Å². The molecular formula is C13H11N3O5. The molecule has 2 aromatic rings. The van der Waals surface area contributed by atoms with Gasteiger partial charge in [-0.2, -0.15) is 0 Å². The molecule has 8 heteroatoms. The van der Waals surface area contributed by atoms with E-state index in [1.54, 1.807) is 13.8 Å². The summed E-state index contributed by atoms with van der Waals surface area (Å²) in [5, 5.41) is 19.9. The van der Waals surface area contributed by atoms with Crippen molar-refractivity contribution in [3.63, 3.8) is 0 Å². The Morgan fingerprint density at radius 2 is 2.10 bits per heavy atom. The highest BCUT2D eigenvalue weighted by molar-refractivity contribution is 5.88. The van der Waals surface area contributed by atoms with Crippen molar-refractivity contribution in [2.24, 2.45) is 0 Å². The van der Waals surface area contributed by atoms with Crippen LogP contribution in [0.2, 0.25) is 0 Å². The molecule has 1 aromatic carbocycles. The van der Waals surface area contributed by atoms with Gasteiger partial charge in [0, 0.05) is 18.3 Å². The van der Waals surface area contributed by atoms with Crippen LogP contribution < -0.4 is 4.74 Å². The molecule has 0 saturated heterocycles. The second-order valence-electron chi connectivity index (χ2n) is 4.25. The van der Waals surface area contributed by atoms with Gasteiger partial charge in [0.2, 0.25) is 11.6 Å². The van der Waals surface area contributed by atoms with E-state index >= 15 is 0 Å². The summed E-state index contributed by atoms with van der Waals surface area (Å²) in [5.41, 5.74) is 0.555. The molecule has 0 spiro atoms. The number of carboxylic acid groups (broad SMARTS) is 1. The van der Waals surface area contributed by atoms with Crippen molar-refractivity contribution in [3.05, 3.63) is 51.5 Å². The van der Waals surface area contributed by atoms with Crippen molar-refractivity contribution in [2.45, 2.75) is 13.8 Å². The van der Waals surface area contributed by atoms with E-state index in [4.69, 9.17) is 9.84 Å². The molecule has 0 aliphatic heterocycles. The Labute approximate surface area is 119 Å². The third-order valence-electron chi connectivity index (χ3n) is 2.64. The number of aromatic carboxylic acids is 1. The van der Waals surface area contributed by atoms with E-state index in [1.165, 1.54) is 6.20 Å². The van der Waals surface area contributed by atoms with Crippen LogP contribution >= 0.6 is 0 Å². The zero-order chi connectivity index (χ0) is 15.6. The molecule has 1 N–H and O–H groups in total. The number of aromatic nitrogens is 2. The quantitative estimate of drug-likeness (QED) is 0.678. The van der Waals surface area contributed by atoms with Crippen molar-refractivity contribution in [1.82, 2.24) is 9.97 Å². The number of carbonyl (C=O) groups is 1. The summed E-state index contributed by atoms with van der Waals surface area (Å²) in [6.45, 7) is 3.33. The SMILES string of the molecule is Cc1cnc(C)c(Oc2cc(C(=O)O)ccc2[N+](=O)[O-])n1. The fourth-order valence-electron chi connectivity index (χ4n) is 1.60. The van der Waals surface area contributed by atoms with Crippen molar-refractivity contribution in [2.75, 3.05) is 0 Å². The molecule has 21 heavy (non-hydrogen) atoms. The molecule has 0 bridgehead atoms. The third kappa shape index (κ3) is 3.11. The number of carboxylic acids is 1. The van der Waals surface area contributed by atoms with Gasteiger partial charge in [-0.1, -0.05) is 0 Å². The van der Waals surface area contributed by atoms with Gasteiger partial charge in [-0.3, -0.25) is 15.1 Å². The Morgan fingerprint density at radius 1 is 1.38 bits per heavy atom. The van der Waals surface area contributed by atoms with Gasteiger partial charge < -0.3 is 9.84 Å². The summed E-state index contributed by atoms with van der Waals surface area (Å²) in [7, 11) is 0. The van der Waals surface area contributed by atoms with E-state index in [9.17, 15) is 14.9 Å². The molecule has 0 atom stereocenters. The van der Waals surface area contributed by atoms with Gasteiger partial charge >= 0.3 is 11.7 Å². The van der Waals surface area contributed by atoms with Crippen LogP contribution in [0.1, 0.15) is 21.7 Å². The van der Waals surface area contributed by atoms with Gasteiger partial charge in [0.15, 0.2) is 0 Å². The Balaban J connectivity index is 2.50. The molecule has 0 unspecified atom stereocenters. The lowest BCUT2D eigenvalue weighted by Crippen LogP contribution is -2.02. The van der Waals surface area contributed by atoms with E-state index in [2.05, 4.69) is 9.97 Å². The summed E-state index contributed by atoms with van der Waals surface area (Å²) < 4.78 is 5.39. The Hall–Kier alpha value is -3.03. The number of ether oxygens (including phenoxy) is 1. The minimum atomic E-state index is -1.21. The molecule has 0 amide bonds. The first-order valence-electron chi connectivity index (χ1n) is 5.88. The standard InChI is InChI=1S/C13H11N3O5/c1-7-6-14-8(2)12(15-7)21-11-5-9(13(17)18)3-4-10(11)16(19)20/h3-6H,1-2H3,(H,17,18). The van der Waals surface area contributed by atoms with Gasteiger partial charge in [0.1, 0.15) is 0 Å². The monoisotopic (exact) mass is 289 g/mol. The lowest BCUT2D eigenvalue weighted by atomic mass is 10.2. The summed E-state index contributed by atoms with van der Waals surface area (Å²) in [6, 6.07) is 3.31. The highest BCUT2D eigenvalue weighted by Crippen LogP contribution is 2.32. The average Bonchev–Trinajstić information content (AvgIpc) is 2.42. The first-order chi connectivity index (χ1) is 9.88. The lowest BCUT2D eigenvalue weighted by molar-refractivity contribution is -0.385. The number of nitro groups is 1. The summed E-state index contributed by atoms with van der Waals surface area (Å²) >= 11 is 0. The van der Waals surface area contributed by atoms with Crippen molar-refractivity contribution in [1.29, 1.82) is 0 Å². The van der Waals surface area contributed by atoms with Gasteiger partial charge in [0.05, 0.1) is 21.9 Å². The second-order valence-corrected chi connectivity index (χ2v) is 4.25. The topological polar surface area (TPSA) is 115 Å². The number of aryl methyl sites for hydroxylation is 2. The molecular weight excluding hydrogens is 278 g/mol. The van der Waals surface area contributed by atoms with E-state index in [0.29, 0.717) is 11.4 Å². The third-order valence-corrected chi connectivity index (χ3v) is 2.64. The van der Waals surface area contributed by atoms with Crippen LogP contribution in [0.15, 0.2) is 24.4 Å². The normalized spacial score (nSPS) is 10.2. The van der Waals surface area contributed by atoms with E-state index in [1.807, 2.05) is 0 Å². The fraction of sp³-hybridized carbons (Fsp3) is 0.154. The zero-order valence-electron chi connectivity index (χ0n) is 11.2. The fourth-order valence-corrected chi connectivity index (χ4v) is 1.60. The highest BCUT2D eigenvalue weighted by Gasteiger charge is 2.20. The molecule has 8 nitrogen and oxygen atoms in total. The van der Waals surface area contributed by atoms with Crippen LogP contribution in [0, 0.1) is 24.0 Å². The molecule has 0 radical (unpaired) electrons. The van der Waals surface area contributed by atoms with Crippen molar-refractivity contribution in [3.8, 4) is 11.6 Å². The molecule has 0 aliphatic rings. The number of hydrogen-bond donors (Lipinski definition) is 1. The van der Waals surface area contributed by atoms with E-state index in [-0.39, 0.29) is 22.9 Å². The molecule has 2 rings (SSSR count). The summed E-state index contributed by atoms with van der Waals surface area (Å²) in [4.78, 5) is 29.4. The van der Waals surface area contributed by atoms with Crippen LogP contribution in [-0.4, -0.2) is 26.0 Å². The maximum Gasteiger partial charge on any atom is 0.335 e. The number of benzene rings is 1. The smallest absolute Gasteiger partial charge is 0.335 e. The Kier molecular flexibility index (Phi) is 3.79. The molecule has 1 aromatic heterocycles. The van der Waals surface area contributed by atoms with Gasteiger partial charge in [-0.05, 0) is 19.9 Å². The molecule has 108 valence electrons. The molecule has 0 saturated carbocycles. The Bertz CT molecular complexity index is 730. The highest BCUT2D eigenvalue weighted by atomic mass is 16.6. The molecule has 0 aliphatic carbocycles. The first-order valence-corrected chi connectivity index (χ1v) is 5.88. The largest absolute Gasteiger partial charge is 0.478 e. The number of hydrogen-bond acceptors (Lipinski definition) is 6. The zero-order valence-corrected chi connectivity index (χ0v) is 11.2. The maximum atomic E-state index is 11.0. The van der Waals surface area contributed by atoms with Crippen molar-refractivity contribution >= 4 is 11.7 Å². The first kappa shape index (κ1) is 14.4. The minimum absolute atomic E-state index is 0.0978. The van der Waals surface area contributed by atoms with Crippen LogP contribution in [0.25, 0.3) is 0 Å². The van der Waals surface area contributed by atoms with Crippen LogP contribution in [0.4, 0.5) is 5.69 Å². The number of nitro benzene ring substituents is 1. The van der Waals surface area contributed by atoms with Crippen LogP contribution in [-0.2, 0) is 0 Å². The predicted molar refractivity (Wildman–Crippen MR) is 71.6 cm³/mol. The van der Waals surface area contributed by atoms with E-state index < -0.39 is 10.9 Å². The van der Waals surface area contributed by atoms with Gasteiger partial charge in [0.25, 0.3) is 0 Å². The minimum Gasteiger partial charge on any atom is -0.478 e. The lowest BCUT2D eigenvalue weighted by Gasteiger charge is -2.08. The Morgan fingerprint density at radius 3 is 2.71 bits per heavy atom. The molecule has 0 fully saturated rings. The maximum absolute atomic E-state index is 11.0. The molecule has 1 heterocycles. The van der Waals surface area contributed by atoms with Crippen LogP contribution in [0.3, 0.4) is 0 Å². The summed E-state index contributed by atoms with van der Waals surface area (Å²) in [6.07, 6.45) is 1.53. The predicted octanol–water partition coefficient (Wildman–Crippen LogP) is 2.49.